The fourth-order valence-corrected chi connectivity index (χ4v) is 5.21. The van der Waals surface area contributed by atoms with E-state index in [-0.39, 0.29) is 0 Å². The van der Waals surface area contributed by atoms with Crippen molar-refractivity contribution in [2.45, 2.75) is 26.2 Å². The van der Waals surface area contributed by atoms with Gasteiger partial charge in [0.15, 0.2) is 0 Å². The van der Waals surface area contributed by atoms with E-state index >= 15 is 0 Å². The molecule has 6 heterocycles. The van der Waals surface area contributed by atoms with E-state index in [9.17, 15) is 0 Å². The van der Waals surface area contributed by atoms with Crippen LogP contribution in [0.15, 0.2) is 147 Å². The molecule has 0 spiro atoms. The summed E-state index contributed by atoms with van der Waals surface area (Å²) in [5.41, 5.74) is 8.38. The van der Waals surface area contributed by atoms with Gasteiger partial charge in [0, 0.05) is 35.9 Å². The quantitative estimate of drug-likeness (QED) is 0.216. The molecule has 6 aromatic heterocycles. The Labute approximate surface area is 256 Å². The zero-order valence-corrected chi connectivity index (χ0v) is 24.3. The van der Waals surface area contributed by atoms with Gasteiger partial charge in [0.2, 0.25) is 12.7 Å². The van der Waals surface area contributed by atoms with Crippen molar-refractivity contribution in [2.75, 3.05) is 0 Å². The van der Waals surface area contributed by atoms with Crippen molar-refractivity contribution in [1.82, 2.24) is 29.1 Å². The van der Waals surface area contributed by atoms with Crippen LogP contribution in [-0.2, 0) is 26.2 Å². The highest BCUT2D eigenvalue weighted by atomic mass is 15.1. The van der Waals surface area contributed by atoms with Crippen molar-refractivity contribution in [2.24, 2.45) is 0 Å². The molecule has 0 radical (unpaired) electrons. The fourth-order valence-electron chi connectivity index (χ4n) is 5.21. The molecule has 44 heavy (non-hydrogen) atoms. The summed E-state index contributed by atoms with van der Waals surface area (Å²) in [6.45, 7) is 3.18. The molecule has 0 aliphatic heterocycles. The first kappa shape index (κ1) is 27.1. The maximum absolute atomic E-state index is 4.60. The number of nitrogens with zero attached hydrogens (tertiary/aromatic N) is 8. The van der Waals surface area contributed by atoms with Crippen LogP contribution in [0.25, 0.3) is 22.8 Å². The molecule has 0 fully saturated rings. The highest BCUT2D eigenvalue weighted by Crippen LogP contribution is 2.15. The van der Waals surface area contributed by atoms with Crippen LogP contribution in [0.2, 0.25) is 0 Å². The Morgan fingerprint density at radius 1 is 0.455 bits per heavy atom. The standard InChI is InChI=1S/C36H32N8/c1-3-15-37-33(5-1)35-13-11-31(21-39-35)25-43-19-17-41(27-43)23-29-7-9-30(10-8-29)24-42-18-20-44(28-42)26-32-12-14-36(40-22-32)34-6-2-4-16-38-34/h1-22,27-28H,23-26H2/q+2. The maximum Gasteiger partial charge on any atom is 0.244 e. The van der Waals surface area contributed by atoms with Crippen molar-refractivity contribution in [1.29, 1.82) is 0 Å². The first-order valence-corrected chi connectivity index (χ1v) is 14.6. The molecular formula is C36H32N8+2. The van der Waals surface area contributed by atoms with Crippen molar-refractivity contribution in [3.05, 3.63) is 169 Å². The summed E-state index contributed by atoms with van der Waals surface area (Å²) in [5, 5.41) is 0. The van der Waals surface area contributed by atoms with Crippen molar-refractivity contribution >= 4 is 0 Å². The average molecular weight is 577 g/mol. The van der Waals surface area contributed by atoms with Crippen LogP contribution in [0.5, 0.6) is 0 Å². The van der Waals surface area contributed by atoms with Crippen LogP contribution in [0, 0.1) is 0 Å². The molecule has 214 valence electrons. The molecule has 7 aromatic rings. The molecule has 8 nitrogen and oxygen atoms in total. The molecule has 0 unspecified atom stereocenters. The SMILES string of the molecule is c1ccc(-c2ccc(C[n+]3ccn(Cc4ccc(Cn5cc[n+](Cc6ccc(-c7ccccn7)nc6)c5)cc4)c3)cn2)nc1. The number of hydrogen-bond acceptors (Lipinski definition) is 4. The van der Waals surface area contributed by atoms with Gasteiger partial charge >= 0.3 is 0 Å². The van der Waals surface area contributed by atoms with Crippen LogP contribution in [0.1, 0.15) is 22.3 Å². The van der Waals surface area contributed by atoms with Gasteiger partial charge in [-0.15, -0.1) is 0 Å². The van der Waals surface area contributed by atoms with Gasteiger partial charge in [-0.1, -0.05) is 48.5 Å². The second-order valence-corrected chi connectivity index (χ2v) is 10.9. The Kier molecular flexibility index (Phi) is 7.78. The molecule has 0 N–H and O–H groups in total. The zero-order valence-electron chi connectivity index (χ0n) is 24.3. The first-order valence-electron chi connectivity index (χ1n) is 14.6. The zero-order chi connectivity index (χ0) is 29.6. The molecular weight excluding hydrogens is 544 g/mol. The second-order valence-electron chi connectivity index (χ2n) is 10.9. The van der Waals surface area contributed by atoms with Crippen LogP contribution in [-0.4, -0.2) is 29.1 Å². The molecule has 0 atom stereocenters. The molecule has 0 bridgehead atoms. The van der Waals surface area contributed by atoms with Crippen molar-refractivity contribution in [3.8, 4) is 22.8 Å². The van der Waals surface area contributed by atoms with E-state index in [1.54, 1.807) is 12.4 Å². The van der Waals surface area contributed by atoms with Gasteiger partial charge in [0.05, 0.1) is 22.8 Å². The van der Waals surface area contributed by atoms with Crippen LogP contribution < -0.4 is 9.13 Å². The third-order valence-corrected chi connectivity index (χ3v) is 7.48. The number of aromatic nitrogens is 8. The third-order valence-electron chi connectivity index (χ3n) is 7.48. The topological polar surface area (TPSA) is 69.2 Å². The molecule has 0 saturated heterocycles. The smallest absolute Gasteiger partial charge is 0.244 e. The van der Waals surface area contributed by atoms with E-state index in [2.05, 4.69) is 112 Å². The van der Waals surface area contributed by atoms with Gasteiger partial charge in [-0.25, -0.2) is 18.3 Å². The number of benzene rings is 1. The number of pyridine rings is 4. The van der Waals surface area contributed by atoms with Crippen LogP contribution >= 0.6 is 0 Å². The van der Waals surface area contributed by atoms with Crippen LogP contribution in [0.4, 0.5) is 0 Å². The van der Waals surface area contributed by atoms with Gasteiger partial charge in [-0.3, -0.25) is 19.9 Å². The number of imidazole rings is 2. The van der Waals surface area contributed by atoms with E-state index < -0.39 is 0 Å². The highest BCUT2D eigenvalue weighted by Gasteiger charge is 2.10. The lowest BCUT2D eigenvalue weighted by Crippen LogP contribution is -2.31. The lowest BCUT2D eigenvalue weighted by atomic mass is 10.1. The summed E-state index contributed by atoms with van der Waals surface area (Å²) < 4.78 is 8.77. The lowest BCUT2D eigenvalue weighted by molar-refractivity contribution is -0.688. The monoisotopic (exact) mass is 576 g/mol. The molecule has 1 aromatic carbocycles. The van der Waals surface area contributed by atoms with Gasteiger partial charge in [0.1, 0.15) is 51.0 Å². The van der Waals surface area contributed by atoms with Crippen LogP contribution in [0.3, 0.4) is 0 Å². The van der Waals surface area contributed by atoms with Gasteiger partial charge < -0.3 is 0 Å². The summed E-state index contributed by atoms with van der Waals surface area (Å²) in [4.78, 5) is 18.0. The summed E-state index contributed by atoms with van der Waals surface area (Å²) in [7, 11) is 0. The Morgan fingerprint density at radius 2 is 0.886 bits per heavy atom. The van der Waals surface area contributed by atoms with Crippen molar-refractivity contribution < 1.29 is 9.13 Å². The summed E-state index contributed by atoms with van der Waals surface area (Å²) >= 11 is 0. The molecule has 0 aliphatic carbocycles. The fraction of sp³-hybridized carbons (Fsp3) is 0.111. The Bertz CT molecular complexity index is 1780. The number of rotatable bonds is 10. The van der Waals surface area contributed by atoms with Gasteiger partial charge in [-0.2, -0.15) is 0 Å². The maximum atomic E-state index is 4.60. The Balaban J connectivity index is 0.915. The second kappa shape index (κ2) is 12.6. The van der Waals surface area contributed by atoms with Crippen molar-refractivity contribution in [3.63, 3.8) is 0 Å². The lowest BCUT2D eigenvalue weighted by Gasteiger charge is -2.03. The number of hydrogen-bond donors (Lipinski definition) is 0. The molecule has 7 rings (SSSR count). The summed E-state index contributed by atoms with van der Waals surface area (Å²) in [6.07, 6.45) is 20.2. The Hall–Kier alpha value is -5.76. The van der Waals surface area contributed by atoms with E-state index in [0.717, 1.165) is 60.1 Å². The average Bonchev–Trinajstić information content (AvgIpc) is 3.72. The minimum atomic E-state index is 0.769. The summed E-state index contributed by atoms with van der Waals surface area (Å²) in [5.74, 6) is 0. The minimum absolute atomic E-state index is 0.769. The van der Waals surface area contributed by atoms with E-state index in [0.29, 0.717) is 0 Å². The Morgan fingerprint density at radius 3 is 1.27 bits per heavy atom. The molecule has 0 aliphatic rings. The van der Waals surface area contributed by atoms with E-state index in [1.807, 2.05) is 60.9 Å². The third kappa shape index (κ3) is 6.65. The summed E-state index contributed by atoms with van der Waals surface area (Å²) in [6, 6.07) is 28.9. The predicted octanol–water partition coefficient (Wildman–Crippen LogP) is 4.97. The highest BCUT2D eigenvalue weighted by molar-refractivity contribution is 5.54. The first-order chi connectivity index (χ1) is 21.7. The molecule has 8 heteroatoms. The minimum Gasteiger partial charge on any atom is -0.255 e. The molecule has 0 amide bonds. The molecule has 0 saturated carbocycles. The van der Waals surface area contributed by atoms with E-state index in [1.165, 1.54) is 11.1 Å². The van der Waals surface area contributed by atoms with Gasteiger partial charge in [0.25, 0.3) is 0 Å². The largest absolute Gasteiger partial charge is 0.255 e. The predicted molar refractivity (Wildman–Crippen MR) is 167 cm³/mol. The van der Waals surface area contributed by atoms with E-state index in [4.69, 9.17) is 0 Å². The normalized spacial score (nSPS) is 11.1. The van der Waals surface area contributed by atoms with Gasteiger partial charge in [-0.05, 0) is 47.5 Å².